The summed E-state index contributed by atoms with van der Waals surface area (Å²) in [5.41, 5.74) is 21.7. The Kier molecular flexibility index (Phi) is 23.4. The number of aliphatic carboxylic acids is 2. The molecular formula is C32H59N11O12. The summed E-state index contributed by atoms with van der Waals surface area (Å²) >= 11 is 0. The van der Waals surface area contributed by atoms with Crippen molar-refractivity contribution < 1.29 is 58.8 Å². The first-order valence-electron chi connectivity index (χ1n) is 17.7. The third kappa shape index (κ3) is 20.2. The van der Waals surface area contributed by atoms with E-state index in [1.807, 2.05) is 0 Å². The summed E-state index contributed by atoms with van der Waals surface area (Å²) in [6, 6.07) is -10.2. The number of amides is 6. The van der Waals surface area contributed by atoms with Crippen molar-refractivity contribution in [3.63, 3.8) is 0 Å². The van der Waals surface area contributed by atoms with E-state index in [1.165, 1.54) is 13.8 Å². The predicted molar refractivity (Wildman–Crippen MR) is 196 cm³/mol. The van der Waals surface area contributed by atoms with Gasteiger partial charge in [-0.05, 0) is 64.8 Å². The molecule has 0 aromatic carbocycles. The van der Waals surface area contributed by atoms with Gasteiger partial charge in [0.1, 0.15) is 42.3 Å². The lowest BCUT2D eigenvalue weighted by Gasteiger charge is -2.27. The molecule has 0 spiro atoms. The van der Waals surface area contributed by atoms with E-state index in [1.54, 1.807) is 13.8 Å². The van der Waals surface area contributed by atoms with Crippen LogP contribution in [0.1, 0.15) is 72.6 Å². The zero-order chi connectivity index (χ0) is 42.4. The second kappa shape index (κ2) is 25.8. The Morgan fingerprint density at radius 3 is 1.64 bits per heavy atom. The van der Waals surface area contributed by atoms with Crippen molar-refractivity contribution in [3.8, 4) is 0 Å². The molecule has 0 rings (SSSR count). The number of hydrogen-bond acceptors (Lipinski definition) is 13. The number of guanidine groups is 1. The van der Waals surface area contributed by atoms with Crippen LogP contribution in [0.15, 0.2) is 4.99 Å². The Morgan fingerprint density at radius 1 is 0.636 bits per heavy atom. The third-order valence-corrected chi connectivity index (χ3v) is 7.88. The van der Waals surface area contributed by atoms with Gasteiger partial charge in [-0.1, -0.05) is 13.8 Å². The summed E-state index contributed by atoms with van der Waals surface area (Å²) in [5.74, 6) is -9.11. The molecule has 0 radical (unpaired) electrons. The zero-order valence-corrected chi connectivity index (χ0v) is 31.6. The van der Waals surface area contributed by atoms with Gasteiger partial charge in [0.05, 0.1) is 19.1 Å². The molecule has 0 aromatic heterocycles. The minimum absolute atomic E-state index is 0.00334. The molecule has 0 aliphatic heterocycles. The largest absolute Gasteiger partial charge is 0.481 e. The first-order valence-corrected chi connectivity index (χ1v) is 17.7. The fourth-order valence-corrected chi connectivity index (χ4v) is 4.78. The van der Waals surface area contributed by atoms with Gasteiger partial charge in [-0.3, -0.25) is 38.6 Å². The van der Waals surface area contributed by atoms with Crippen LogP contribution in [0.2, 0.25) is 0 Å². The van der Waals surface area contributed by atoms with Gasteiger partial charge in [-0.15, -0.1) is 0 Å². The van der Waals surface area contributed by atoms with E-state index in [9.17, 15) is 58.8 Å². The minimum atomic E-state index is -1.74. The van der Waals surface area contributed by atoms with Gasteiger partial charge in [0, 0.05) is 6.54 Å². The maximum atomic E-state index is 13.6. The normalized spacial score (nSPS) is 15.4. The highest BCUT2D eigenvalue weighted by molar-refractivity contribution is 5.98. The molecular weight excluding hydrogens is 730 g/mol. The molecule has 23 heteroatoms. The van der Waals surface area contributed by atoms with Crippen LogP contribution in [0.25, 0.3) is 0 Å². The molecule has 0 bridgehead atoms. The van der Waals surface area contributed by atoms with Gasteiger partial charge in [0.2, 0.25) is 35.4 Å². The van der Waals surface area contributed by atoms with Gasteiger partial charge in [-0.2, -0.15) is 0 Å². The van der Waals surface area contributed by atoms with E-state index in [2.05, 4.69) is 36.9 Å². The highest BCUT2D eigenvalue weighted by atomic mass is 16.4. The molecule has 55 heavy (non-hydrogen) atoms. The van der Waals surface area contributed by atoms with Crippen molar-refractivity contribution in [1.82, 2.24) is 31.9 Å². The number of carbonyl (C=O) groups excluding carboxylic acids is 6. The molecule has 6 amide bonds. The molecule has 0 fully saturated rings. The van der Waals surface area contributed by atoms with Gasteiger partial charge >= 0.3 is 11.9 Å². The maximum Gasteiger partial charge on any atom is 0.326 e. The van der Waals surface area contributed by atoms with E-state index in [0.29, 0.717) is 12.8 Å². The SMILES string of the molecule is CC(C)C[C@H](NC(=O)[C@H](CCCCN)NC(=O)[C@H](CC(=O)O)NC(=O)[C@H](C)NC(=O)[C@@H](N)[C@@H](C)O)C(=O)N[C@@H](CO)C(=O)N[C@@H](CCCN=C(N)N)C(=O)O. The molecule has 0 heterocycles. The van der Waals surface area contributed by atoms with Crippen LogP contribution >= 0.6 is 0 Å². The number of aliphatic imine (C=N–C) groups is 1. The van der Waals surface area contributed by atoms with E-state index >= 15 is 0 Å². The second-order valence-corrected chi connectivity index (χ2v) is 13.3. The van der Waals surface area contributed by atoms with E-state index in [-0.39, 0.29) is 50.7 Å². The monoisotopic (exact) mass is 789 g/mol. The number of carboxylic acid groups (broad SMARTS) is 2. The number of aliphatic hydroxyl groups excluding tert-OH is 2. The predicted octanol–water partition coefficient (Wildman–Crippen LogP) is -5.60. The van der Waals surface area contributed by atoms with Gasteiger partial charge in [-0.25, -0.2) is 4.79 Å². The third-order valence-electron chi connectivity index (χ3n) is 7.88. The Hall–Kier alpha value is -5.13. The van der Waals surface area contributed by atoms with Gasteiger partial charge in [0.25, 0.3) is 0 Å². The Bertz CT molecular complexity index is 1340. The van der Waals surface area contributed by atoms with Crippen molar-refractivity contribution in [3.05, 3.63) is 0 Å². The van der Waals surface area contributed by atoms with Crippen LogP contribution < -0.4 is 54.8 Å². The Morgan fingerprint density at radius 2 is 1.13 bits per heavy atom. The highest BCUT2D eigenvalue weighted by Crippen LogP contribution is 2.09. The number of rotatable bonds is 27. The minimum Gasteiger partial charge on any atom is -0.481 e. The molecule has 0 aliphatic carbocycles. The lowest BCUT2D eigenvalue weighted by atomic mass is 10.0. The van der Waals surface area contributed by atoms with Crippen LogP contribution in [-0.2, 0) is 38.4 Å². The molecule has 8 atom stereocenters. The van der Waals surface area contributed by atoms with Crippen LogP contribution in [0.4, 0.5) is 0 Å². The summed E-state index contributed by atoms with van der Waals surface area (Å²) in [5, 5.41) is 52.3. The lowest BCUT2D eigenvalue weighted by Crippen LogP contribution is -2.60. The summed E-state index contributed by atoms with van der Waals surface area (Å²) in [4.78, 5) is 105. The highest BCUT2D eigenvalue weighted by Gasteiger charge is 2.34. The lowest BCUT2D eigenvalue weighted by molar-refractivity contribution is -0.143. The number of carboxylic acids is 2. The summed E-state index contributed by atoms with van der Waals surface area (Å²) in [6.07, 6.45) is -1.41. The van der Waals surface area contributed by atoms with Crippen molar-refractivity contribution in [1.29, 1.82) is 0 Å². The molecule has 0 aromatic rings. The van der Waals surface area contributed by atoms with Gasteiger partial charge in [0.15, 0.2) is 5.96 Å². The first kappa shape index (κ1) is 49.9. The fourth-order valence-electron chi connectivity index (χ4n) is 4.78. The standard InChI is InChI=1S/C32H59N11O12/c1-15(2)12-20(27(50)43-22(14-44)29(52)40-19(31(54)55)9-7-11-37-32(35)36)42-26(49)18(8-5-6-10-33)39-28(51)21(13-23(46)47)41-25(48)16(3)38-30(53)24(34)17(4)45/h15-22,24,44-45H,5-14,33-34H2,1-4H3,(H,38,53)(H,39,51)(H,40,52)(H,41,48)(H,42,49)(H,43,50)(H,46,47)(H,54,55)(H4,35,36,37)/t16-,17+,18-,19-,20-,21-,22-,24-/m0/s1. The number of carbonyl (C=O) groups is 8. The van der Waals surface area contributed by atoms with E-state index < -0.39 is 109 Å². The van der Waals surface area contributed by atoms with Gasteiger partial charge < -0.3 is 75.3 Å². The smallest absolute Gasteiger partial charge is 0.326 e. The summed E-state index contributed by atoms with van der Waals surface area (Å²) < 4.78 is 0. The number of unbranched alkanes of at least 4 members (excludes halogenated alkanes) is 1. The molecule has 18 N–H and O–H groups in total. The number of nitrogens with two attached hydrogens (primary N) is 4. The first-order chi connectivity index (χ1) is 25.6. The fraction of sp³-hybridized carbons (Fsp3) is 0.719. The Labute approximate surface area is 318 Å². The van der Waals surface area contributed by atoms with E-state index in [4.69, 9.17) is 22.9 Å². The molecule has 0 saturated heterocycles. The van der Waals surface area contributed by atoms with Crippen LogP contribution in [0.5, 0.6) is 0 Å². The molecule has 23 nitrogen and oxygen atoms in total. The van der Waals surface area contributed by atoms with Crippen LogP contribution in [0, 0.1) is 5.92 Å². The van der Waals surface area contributed by atoms with Crippen molar-refractivity contribution in [2.24, 2.45) is 33.8 Å². The molecule has 0 saturated carbocycles. The Balaban J connectivity index is 6.04. The quantitative estimate of drug-likeness (QED) is 0.0210. The van der Waals surface area contributed by atoms with Crippen molar-refractivity contribution >= 4 is 53.3 Å². The van der Waals surface area contributed by atoms with Crippen LogP contribution in [0.3, 0.4) is 0 Å². The number of nitrogens with one attached hydrogen (secondary N) is 6. The number of nitrogens with zero attached hydrogens (tertiary/aromatic N) is 1. The molecule has 0 unspecified atom stereocenters. The topological polar surface area (TPSA) is 406 Å². The average Bonchev–Trinajstić information content (AvgIpc) is 3.09. The zero-order valence-electron chi connectivity index (χ0n) is 31.6. The number of aliphatic hydroxyl groups is 2. The van der Waals surface area contributed by atoms with Crippen molar-refractivity contribution in [2.75, 3.05) is 19.7 Å². The van der Waals surface area contributed by atoms with E-state index in [0.717, 1.165) is 0 Å². The molecule has 0 aliphatic rings. The van der Waals surface area contributed by atoms with Crippen LogP contribution in [-0.4, -0.2) is 142 Å². The molecule has 314 valence electrons. The maximum absolute atomic E-state index is 13.6. The summed E-state index contributed by atoms with van der Waals surface area (Å²) in [7, 11) is 0. The van der Waals surface area contributed by atoms with Crippen molar-refractivity contribution in [2.45, 2.75) is 121 Å². The summed E-state index contributed by atoms with van der Waals surface area (Å²) in [6.45, 7) is 5.31. The average molecular weight is 790 g/mol. The second-order valence-electron chi connectivity index (χ2n) is 13.3. The number of hydrogen-bond donors (Lipinski definition) is 14.